The number of aryl methyl sites for hydroxylation is 2. The Morgan fingerprint density at radius 1 is 1.33 bits per heavy atom. The zero-order valence-corrected chi connectivity index (χ0v) is 9.46. The van der Waals surface area contributed by atoms with Gasteiger partial charge in [-0.3, -0.25) is 0 Å². The molecule has 0 radical (unpaired) electrons. The second-order valence-electron chi connectivity index (χ2n) is 4.49. The third-order valence-corrected chi connectivity index (χ3v) is 3.35. The minimum atomic E-state index is -0.355. The van der Waals surface area contributed by atoms with Crippen LogP contribution in [0.2, 0.25) is 0 Å². The molecule has 2 nitrogen and oxygen atoms in total. The van der Waals surface area contributed by atoms with Crippen LogP contribution in [0.3, 0.4) is 0 Å². The lowest BCUT2D eigenvalue weighted by atomic mass is 9.97. The summed E-state index contributed by atoms with van der Waals surface area (Å²) in [7, 11) is 0. The first-order valence-corrected chi connectivity index (χ1v) is 5.67. The van der Waals surface area contributed by atoms with Gasteiger partial charge in [-0.15, -0.1) is 0 Å². The fraction of sp³-hybridized carbons (Fsp3) is 0.538. The Balaban J connectivity index is 2.17. The van der Waals surface area contributed by atoms with E-state index < -0.39 is 0 Å². The van der Waals surface area contributed by atoms with Crippen LogP contribution in [0, 0.1) is 13.8 Å². The van der Waals surface area contributed by atoms with Crippen molar-refractivity contribution in [3.63, 3.8) is 0 Å². The summed E-state index contributed by atoms with van der Waals surface area (Å²) in [5.74, 6) is 0. The first-order valence-electron chi connectivity index (χ1n) is 5.67. The number of rotatable bonds is 2. The molecule has 1 saturated heterocycles. The van der Waals surface area contributed by atoms with E-state index in [4.69, 9.17) is 0 Å². The van der Waals surface area contributed by atoms with Crippen molar-refractivity contribution in [2.75, 3.05) is 6.54 Å². The Labute approximate surface area is 91.3 Å². The number of aliphatic hydroxyl groups is 1. The monoisotopic (exact) mass is 205 g/mol. The largest absolute Gasteiger partial charge is 0.387 e. The van der Waals surface area contributed by atoms with Crippen LogP contribution in [-0.2, 0) is 0 Å². The summed E-state index contributed by atoms with van der Waals surface area (Å²) in [6, 6.07) is 6.46. The van der Waals surface area contributed by atoms with Crippen molar-refractivity contribution in [2.45, 2.75) is 38.8 Å². The number of hydrogen-bond acceptors (Lipinski definition) is 2. The molecule has 2 N–H and O–H groups in total. The molecule has 0 aliphatic carbocycles. The van der Waals surface area contributed by atoms with Gasteiger partial charge in [-0.2, -0.15) is 0 Å². The number of hydrogen-bond donors (Lipinski definition) is 2. The van der Waals surface area contributed by atoms with E-state index in [-0.39, 0.29) is 12.1 Å². The molecule has 1 fully saturated rings. The standard InChI is InChI=1S/C13H19NO/c1-9-5-6-11(8-10(9)2)13(15)12-4-3-7-14-12/h5-6,8,12-15H,3-4,7H2,1-2H3. The van der Waals surface area contributed by atoms with Gasteiger partial charge in [-0.05, 0) is 49.9 Å². The zero-order chi connectivity index (χ0) is 10.8. The van der Waals surface area contributed by atoms with Gasteiger partial charge >= 0.3 is 0 Å². The summed E-state index contributed by atoms with van der Waals surface area (Å²) >= 11 is 0. The zero-order valence-electron chi connectivity index (χ0n) is 9.46. The van der Waals surface area contributed by atoms with E-state index in [0.29, 0.717) is 0 Å². The Morgan fingerprint density at radius 3 is 2.73 bits per heavy atom. The average molecular weight is 205 g/mol. The molecule has 1 aliphatic rings. The normalized spacial score (nSPS) is 23.0. The number of benzene rings is 1. The maximum Gasteiger partial charge on any atom is 0.0943 e. The molecule has 1 aliphatic heterocycles. The van der Waals surface area contributed by atoms with Crippen LogP contribution in [0.1, 0.15) is 35.6 Å². The van der Waals surface area contributed by atoms with Crippen molar-refractivity contribution in [1.29, 1.82) is 0 Å². The van der Waals surface area contributed by atoms with Crippen molar-refractivity contribution in [1.82, 2.24) is 5.32 Å². The lowest BCUT2D eigenvalue weighted by molar-refractivity contribution is 0.137. The van der Waals surface area contributed by atoms with Gasteiger partial charge in [0.25, 0.3) is 0 Å². The van der Waals surface area contributed by atoms with Gasteiger partial charge in [0.05, 0.1) is 6.10 Å². The molecular formula is C13H19NO. The van der Waals surface area contributed by atoms with E-state index in [9.17, 15) is 5.11 Å². The Hall–Kier alpha value is -0.860. The summed E-state index contributed by atoms with van der Waals surface area (Å²) in [4.78, 5) is 0. The molecule has 1 heterocycles. The van der Waals surface area contributed by atoms with Gasteiger partial charge in [-0.1, -0.05) is 18.2 Å². The molecule has 2 rings (SSSR count). The second-order valence-corrected chi connectivity index (χ2v) is 4.49. The highest BCUT2D eigenvalue weighted by Gasteiger charge is 2.23. The molecule has 15 heavy (non-hydrogen) atoms. The maximum absolute atomic E-state index is 10.2. The van der Waals surface area contributed by atoms with Crippen molar-refractivity contribution in [3.05, 3.63) is 34.9 Å². The van der Waals surface area contributed by atoms with Crippen molar-refractivity contribution in [3.8, 4) is 0 Å². The van der Waals surface area contributed by atoms with Crippen LogP contribution in [0.25, 0.3) is 0 Å². The molecule has 2 unspecified atom stereocenters. The van der Waals surface area contributed by atoms with E-state index in [0.717, 1.165) is 18.5 Å². The SMILES string of the molecule is Cc1ccc(C(O)C2CCCN2)cc1C. The molecule has 0 saturated carbocycles. The van der Waals surface area contributed by atoms with Gasteiger partial charge in [0.2, 0.25) is 0 Å². The van der Waals surface area contributed by atoms with E-state index in [1.54, 1.807) is 0 Å². The maximum atomic E-state index is 10.2. The molecule has 0 amide bonds. The van der Waals surface area contributed by atoms with Crippen LogP contribution in [0.15, 0.2) is 18.2 Å². The molecule has 0 aromatic heterocycles. The lowest BCUT2D eigenvalue weighted by Gasteiger charge is -2.19. The van der Waals surface area contributed by atoms with Gasteiger partial charge in [-0.25, -0.2) is 0 Å². The van der Waals surface area contributed by atoms with E-state index in [1.165, 1.54) is 17.5 Å². The Kier molecular flexibility index (Phi) is 3.08. The molecule has 0 spiro atoms. The quantitative estimate of drug-likeness (QED) is 0.775. The molecule has 2 atom stereocenters. The molecule has 82 valence electrons. The average Bonchev–Trinajstić information content (AvgIpc) is 2.74. The highest BCUT2D eigenvalue weighted by atomic mass is 16.3. The van der Waals surface area contributed by atoms with Crippen molar-refractivity contribution in [2.24, 2.45) is 0 Å². The molecule has 2 heteroatoms. The Bertz CT molecular complexity index is 342. The first-order chi connectivity index (χ1) is 7.18. The third kappa shape index (κ3) is 2.21. The highest BCUT2D eigenvalue weighted by Crippen LogP contribution is 2.24. The second kappa shape index (κ2) is 4.33. The fourth-order valence-corrected chi connectivity index (χ4v) is 2.16. The highest BCUT2D eigenvalue weighted by molar-refractivity contribution is 5.31. The van der Waals surface area contributed by atoms with Gasteiger partial charge in [0, 0.05) is 6.04 Å². The molecule has 1 aromatic carbocycles. The van der Waals surface area contributed by atoms with Crippen molar-refractivity contribution >= 4 is 0 Å². The molecular weight excluding hydrogens is 186 g/mol. The van der Waals surface area contributed by atoms with Gasteiger partial charge in [0.1, 0.15) is 0 Å². The smallest absolute Gasteiger partial charge is 0.0943 e. The van der Waals surface area contributed by atoms with Crippen molar-refractivity contribution < 1.29 is 5.11 Å². The van der Waals surface area contributed by atoms with E-state index in [2.05, 4.69) is 31.3 Å². The third-order valence-electron chi connectivity index (χ3n) is 3.35. The van der Waals surface area contributed by atoms with Crippen LogP contribution in [0.4, 0.5) is 0 Å². The van der Waals surface area contributed by atoms with Crippen LogP contribution in [-0.4, -0.2) is 17.7 Å². The number of nitrogens with one attached hydrogen (secondary N) is 1. The summed E-state index contributed by atoms with van der Waals surface area (Å²) in [5, 5.41) is 13.5. The van der Waals surface area contributed by atoms with Crippen LogP contribution < -0.4 is 5.32 Å². The predicted molar refractivity (Wildman–Crippen MR) is 61.9 cm³/mol. The topological polar surface area (TPSA) is 32.3 Å². The summed E-state index contributed by atoms with van der Waals surface area (Å²) in [6.07, 6.45) is 1.90. The minimum Gasteiger partial charge on any atom is -0.387 e. The fourth-order valence-electron chi connectivity index (χ4n) is 2.16. The van der Waals surface area contributed by atoms with Gasteiger partial charge in [0.15, 0.2) is 0 Å². The Morgan fingerprint density at radius 2 is 2.13 bits per heavy atom. The summed E-state index contributed by atoms with van der Waals surface area (Å²) in [6.45, 7) is 5.22. The summed E-state index contributed by atoms with van der Waals surface area (Å²) in [5.41, 5.74) is 3.58. The number of aliphatic hydroxyl groups excluding tert-OH is 1. The van der Waals surface area contributed by atoms with Gasteiger partial charge < -0.3 is 10.4 Å². The molecule has 1 aromatic rings. The van der Waals surface area contributed by atoms with E-state index >= 15 is 0 Å². The van der Waals surface area contributed by atoms with E-state index in [1.807, 2.05) is 6.07 Å². The minimum absolute atomic E-state index is 0.243. The molecule has 0 bridgehead atoms. The predicted octanol–water partition coefficient (Wildman–Crippen LogP) is 2.09. The van der Waals surface area contributed by atoms with Crippen LogP contribution >= 0.6 is 0 Å². The lowest BCUT2D eigenvalue weighted by Crippen LogP contribution is -2.28. The first kappa shape index (κ1) is 10.7. The van der Waals surface area contributed by atoms with Crippen LogP contribution in [0.5, 0.6) is 0 Å². The summed E-state index contributed by atoms with van der Waals surface area (Å²) < 4.78 is 0.